The zero-order chi connectivity index (χ0) is 20.3. The van der Waals surface area contributed by atoms with E-state index >= 15 is 0 Å². The molecular formula is C21H37N5O. The van der Waals surface area contributed by atoms with Gasteiger partial charge >= 0.3 is 0 Å². The molecule has 0 radical (unpaired) electrons. The summed E-state index contributed by atoms with van der Waals surface area (Å²) in [6, 6.07) is 10.7. The molecule has 1 atom stereocenters. The van der Waals surface area contributed by atoms with Gasteiger partial charge in [-0.2, -0.15) is 0 Å². The van der Waals surface area contributed by atoms with Crippen molar-refractivity contribution in [2.24, 2.45) is 4.99 Å². The van der Waals surface area contributed by atoms with Crippen LogP contribution in [0.25, 0.3) is 0 Å². The van der Waals surface area contributed by atoms with Crippen molar-refractivity contribution in [3.05, 3.63) is 35.9 Å². The summed E-state index contributed by atoms with van der Waals surface area (Å²) in [6.07, 6.45) is 1.98. The maximum Gasteiger partial charge on any atom is 0.243 e. The fourth-order valence-electron chi connectivity index (χ4n) is 2.92. The molecule has 0 heterocycles. The van der Waals surface area contributed by atoms with Crippen molar-refractivity contribution in [1.82, 2.24) is 20.9 Å². The molecule has 0 aromatic heterocycles. The summed E-state index contributed by atoms with van der Waals surface area (Å²) in [5.41, 5.74) is 1.22. The highest BCUT2D eigenvalue weighted by molar-refractivity contribution is 5.84. The van der Waals surface area contributed by atoms with Gasteiger partial charge in [-0.05, 0) is 32.3 Å². The Morgan fingerprint density at radius 3 is 2.26 bits per heavy atom. The molecule has 27 heavy (non-hydrogen) atoms. The van der Waals surface area contributed by atoms with E-state index in [0.717, 1.165) is 25.9 Å². The normalized spacial score (nSPS) is 13.2. The smallest absolute Gasteiger partial charge is 0.243 e. The summed E-state index contributed by atoms with van der Waals surface area (Å²) in [6.45, 7) is 10.3. The van der Waals surface area contributed by atoms with Crippen LogP contribution in [0.2, 0.25) is 0 Å². The van der Waals surface area contributed by atoms with E-state index in [9.17, 15) is 4.79 Å². The van der Waals surface area contributed by atoms with Crippen LogP contribution in [0.4, 0.5) is 0 Å². The molecule has 0 aliphatic carbocycles. The average Bonchev–Trinajstić information content (AvgIpc) is 2.69. The summed E-state index contributed by atoms with van der Waals surface area (Å²) in [4.78, 5) is 17.8. The van der Waals surface area contributed by atoms with Gasteiger partial charge in [-0.1, -0.05) is 44.2 Å². The summed E-state index contributed by atoms with van der Waals surface area (Å²) in [5, 5.41) is 10.4. The van der Waals surface area contributed by atoms with E-state index < -0.39 is 0 Å². The van der Waals surface area contributed by atoms with Gasteiger partial charge in [0, 0.05) is 38.8 Å². The molecule has 0 aliphatic heterocycles. The maximum absolute atomic E-state index is 11.8. The maximum atomic E-state index is 11.8. The molecule has 152 valence electrons. The first kappa shape index (κ1) is 23.0. The third-order valence-corrected chi connectivity index (χ3v) is 4.99. The van der Waals surface area contributed by atoms with Crippen molar-refractivity contribution in [3.8, 4) is 0 Å². The van der Waals surface area contributed by atoms with Gasteiger partial charge in [0.1, 0.15) is 6.54 Å². The number of likely N-dealkylation sites (N-methyl/N-ethyl adjacent to an activating group) is 1. The Kier molecular flexibility index (Phi) is 9.86. The number of carbonyl (C=O) groups is 1. The monoisotopic (exact) mass is 375 g/mol. The Bertz CT molecular complexity index is 581. The van der Waals surface area contributed by atoms with E-state index in [0.29, 0.717) is 5.96 Å². The van der Waals surface area contributed by atoms with E-state index in [4.69, 9.17) is 0 Å². The molecule has 1 aromatic rings. The van der Waals surface area contributed by atoms with Crippen molar-refractivity contribution in [1.29, 1.82) is 0 Å². The molecule has 0 aliphatic rings. The highest BCUT2D eigenvalue weighted by Gasteiger charge is 2.28. The van der Waals surface area contributed by atoms with Crippen molar-refractivity contribution in [3.63, 3.8) is 0 Å². The number of hydrogen-bond donors (Lipinski definition) is 3. The summed E-state index contributed by atoms with van der Waals surface area (Å²) in [7, 11) is 3.48. The fraction of sp³-hybridized carbons (Fsp3) is 0.619. The molecule has 0 fully saturated rings. The van der Waals surface area contributed by atoms with Crippen molar-refractivity contribution < 1.29 is 4.79 Å². The average molecular weight is 376 g/mol. The number of aliphatic imine (C=N–C) groups is 1. The predicted molar refractivity (Wildman–Crippen MR) is 114 cm³/mol. The van der Waals surface area contributed by atoms with E-state index in [-0.39, 0.29) is 24.0 Å². The van der Waals surface area contributed by atoms with Gasteiger partial charge in [-0.25, -0.2) is 4.99 Å². The molecule has 3 N–H and O–H groups in total. The Labute approximate surface area is 164 Å². The number of rotatable bonds is 10. The lowest BCUT2D eigenvalue weighted by atomic mass is 9.90. The molecule has 0 bridgehead atoms. The number of nitrogens with zero attached hydrogens (tertiary/aromatic N) is 2. The number of carbonyl (C=O) groups excluding carboxylic acids is 1. The second kappa shape index (κ2) is 11.6. The molecule has 0 saturated carbocycles. The minimum Gasteiger partial charge on any atom is -0.357 e. The Balaban J connectivity index is 2.80. The Morgan fingerprint density at radius 2 is 1.74 bits per heavy atom. The number of nitrogens with one attached hydrogen (secondary N) is 3. The molecule has 1 unspecified atom stereocenters. The lowest BCUT2D eigenvalue weighted by molar-refractivity contribution is -0.127. The molecule has 1 aromatic carbocycles. The lowest BCUT2D eigenvalue weighted by Crippen LogP contribution is -2.55. The minimum absolute atomic E-state index is 0.0136. The van der Waals surface area contributed by atoms with Crippen LogP contribution in [0, 0.1) is 0 Å². The summed E-state index contributed by atoms with van der Waals surface area (Å²) < 4.78 is 0. The van der Waals surface area contributed by atoms with Crippen molar-refractivity contribution >= 4 is 11.9 Å². The third-order valence-electron chi connectivity index (χ3n) is 4.99. The second-order valence-corrected chi connectivity index (χ2v) is 7.10. The van der Waals surface area contributed by atoms with Gasteiger partial charge in [0.15, 0.2) is 5.96 Å². The van der Waals surface area contributed by atoms with Gasteiger partial charge in [-0.3, -0.25) is 4.79 Å². The van der Waals surface area contributed by atoms with Gasteiger partial charge in [0.05, 0.1) is 0 Å². The van der Waals surface area contributed by atoms with Gasteiger partial charge in [-0.15, -0.1) is 0 Å². The molecule has 6 heteroatoms. The van der Waals surface area contributed by atoms with Crippen LogP contribution in [0.5, 0.6) is 0 Å². The zero-order valence-corrected chi connectivity index (χ0v) is 17.8. The van der Waals surface area contributed by atoms with E-state index in [2.05, 4.69) is 66.0 Å². The first-order valence-electron chi connectivity index (χ1n) is 9.92. The highest BCUT2D eigenvalue weighted by atomic mass is 16.2. The fourth-order valence-corrected chi connectivity index (χ4v) is 2.92. The molecule has 0 spiro atoms. The topological polar surface area (TPSA) is 68.8 Å². The van der Waals surface area contributed by atoms with Crippen LogP contribution >= 0.6 is 0 Å². The Hall–Kier alpha value is -2.08. The van der Waals surface area contributed by atoms with Crippen LogP contribution < -0.4 is 16.0 Å². The molecule has 6 nitrogen and oxygen atoms in total. The summed E-state index contributed by atoms with van der Waals surface area (Å²) >= 11 is 0. The molecule has 1 amide bonds. The lowest BCUT2D eigenvalue weighted by Gasteiger charge is -2.37. The first-order chi connectivity index (χ1) is 12.9. The summed E-state index contributed by atoms with van der Waals surface area (Å²) in [5.74, 6) is 0.661. The number of benzene rings is 1. The number of guanidine groups is 1. The van der Waals surface area contributed by atoms with E-state index in [1.807, 2.05) is 13.0 Å². The SMILES string of the molecule is CCNC(=NCC(=O)N(C)C)NCC(CC)(CC)NC(C)c1ccccc1. The Morgan fingerprint density at radius 1 is 1.11 bits per heavy atom. The van der Waals surface area contributed by atoms with E-state index in [1.54, 1.807) is 19.0 Å². The van der Waals surface area contributed by atoms with Gasteiger partial charge in [0.25, 0.3) is 0 Å². The molecular weight excluding hydrogens is 338 g/mol. The second-order valence-electron chi connectivity index (χ2n) is 7.10. The zero-order valence-electron chi connectivity index (χ0n) is 17.8. The minimum atomic E-state index is -0.0585. The number of hydrogen-bond acceptors (Lipinski definition) is 3. The van der Waals surface area contributed by atoms with Crippen LogP contribution in [-0.2, 0) is 4.79 Å². The van der Waals surface area contributed by atoms with Crippen LogP contribution in [0.15, 0.2) is 35.3 Å². The van der Waals surface area contributed by atoms with Gasteiger partial charge < -0.3 is 20.9 Å². The molecule has 0 saturated heterocycles. The van der Waals surface area contributed by atoms with Crippen molar-refractivity contribution in [2.45, 2.75) is 52.1 Å². The van der Waals surface area contributed by atoms with E-state index in [1.165, 1.54) is 5.56 Å². The largest absolute Gasteiger partial charge is 0.357 e. The van der Waals surface area contributed by atoms with Crippen molar-refractivity contribution in [2.75, 3.05) is 33.7 Å². The quantitative estimate of drug-likeness (QED) is 0.434. The standard InChI is InChI=1S/C21H37N5O/c1-7-21(8-2,25-17(4)18-13-11-10-12-14-18)16-24-20(22-9-3)23-15-19(27)26(5)6/h10-14,17,25H,7-9,15-16H2,1-6H3,(H2,22,23,24). The van der Waals surface area contributed by atoms with Crippen LogP contribution in [-0.4, -0.2) is 56.0 Å². The van der Waals surface area contributed by atoms with Crippen LogP contribution in [0.1, 0.15) is 52.1 Å². The first-order valence-corrected chi connectivity index (χ1v) is 9.92. The van der Waals surface area contributed by atoms with Gasteiger partial charge in [0.2, 0.25) is 5.91 Å². The predicted octanol–water partition coefficient (Wildman–Crippen LogP) is 2.54. The third kappa shape index (κ3) is 7.59. The molecule has 1 rings (SSSR count). The number of amides is 1. The highest BCUT2D eigenvalue weighted by Crippen LogP contribution is 2.21. The van der Waals surface area contributed by atoms with Crippen LogP contribution in [0.3, 0.4) is 0 Å².